The summed E-state index contributed by atoms with van der Waals surface area (Å²) in [5, 5.41) is 4.77. The fourth-order valence-corrected chi connectivity index (χ4v) is 3.43. The minimum absolute atomic E-state index is 0.0108. The van der Waals surface area contributed by atoms with Gasteiger partial charge in [-0.2, -0.15) is 0 Å². The van der Waals surface area contributed by atoms with Crippen molar-refractivity contribution < 1.29 is 0 Å². The summed E-state index contributed by atoms with van der Waals surface area (Å²) in [6.45, 7) is 2.91. The Balaban J connectivity index is 2.53. The molecule has 2 rings (SSSR count). The molecule has 0 bridgehead atoms. The van der Waals surface area contributed by atoms with E-state index in [0.29, 0.717) is 10.0 Å². The second-order valence-electron chi connectivity index (χ2n) is 4.32. The SMILES string of the molecule is CCNC(c1ccc(Cl)cc1Cl)c1cc(Br)ccc1Br. The fourth-order valence-electron chi connectivity index (χ4n) is 2.06. The van der Waals surface area contributed by atoms with E-state index in [4.69, 9.17) is 23.2 Å². The van der Waals surface area contributed by atoms with Crippen LogP contribution >= 0.6 is 55.1 Å². The van der Waals surface area contributed by atoms with Crippen LogP contribution in [-0.2, 0) is 0 Å². The number of hydrogen-bond donors (Lipinski definition) is 1. The van der Waals surface area contributed by atoms with Crippen molar-refractivity contribution in [2.75, 3.05) is 6.54 Å². The van der Waals surface area contributed by atoms with Crippen LogP contribution in [0.3, 0.4) is 0 Å². The Morgan fingerprint density at radius 2 is 1.80 bits per heavy atom. The quantitative estimate of drug-likeness (QED) is 0.598. The van der Waals surface area contributed by atoms with Crippen molar-refractivity contribution in [2.45, 2.75) is 13.0 Å². The van der Waals surface area contributed by atoms with Crippen LogP contribution in [0.1, 0.15) is 24.1 Å². The van der Waals surface area contributed by atoms with E-state index in [1.807, 2.05) is 24.3 Å². The Labute approximate surface area is 145 Å². The van der Waals surface area contributed by atoms with Crippen LogP contribution in [0.5, 0.6) is 0 Å². The minimum Gasteiger partial charge on any atom is -0.306 e. The van der Waals surface area contributed by atoms with Gasteiger partial charge in [0.2, 0.25) is 0 Å². The van der Waals surface area contributed by atoms with Crippen LogP contribution in [0.15, 0.2) is 45.3 Å². The lowest BCUT2D eigenvalue weighted by Gasteiger charge is -2.22. The number of halogens is 4. The first-order chi connectivity index (χ1) is 9.52. The summed E-state index contributed by atoms with van der Waals surface area (Å²) in [6, 6.07) is 11.7. The second kappa shape index (κ2) is 7.28. The van der Waals surface area contributed by atoms with Gasteiger partial charge in [0.25, 0.3) is 0 Å². The predicted molar refractivity (Wildman–Crippen MR) is 93.8 cm³/mol. The third-order valence-corrected chi connectivity index (χ3v) is 4.73. The number of rotatable bonds is 4. The van der Waals surface area contributed by atoms with E-state index in [-0.39, 0.29) is 6.04 Å². The summed E-state index contributed by atoms with van der Waals surface area (Å²) >= 11 is 19.5. The molecule has 0 saturated heterocycles. The van der Waals surface area contributed by atoms with E-state index in [1.54, 1.807) is 6.07 Å². The van der Waals surface area contributed by atoms with Crippen LogP contribution in [-0.4, -0.2) is 6.54 Å². The zero-order valence-electron chi connectivity index (χ0n) is 10.8. The van der Waals surface area contributed by atoms with Crippen molar-refractivity contribution in [2.24, 2.45) is 0 Å². The standard InChI is InChI=1S/C15H13Br2Cl2N/c1-2-20-15(11-5-4-10(18)8-14(11)19)12-7-9(16)3-6-13(12)17/h3-8,15,20H,2H2,1H3. The lowest BCUT2D eigenvalue weighted by Crippen LogP contribution is -2.22. The molecule has 0 spiro atoms. The lowest BCUT2D eigenvalue weighted by atomic mass is 9.98. The van der Waals surface area contributed by atoms with Gasteiger partial charge in [0.05, 0.1) is 6.04 Å². The van der Waals surface area contributed by atoms with Crippen LogP contribution in [0.4, 0.5) is 0 Å². The predicted octanol–water partition coefficient (Wildman–Crippen LogP) is 6.22. The molecule has 0 aromatic heterocycles. The number of benzene rings is 2. The normalized spacial score (nSPS) is 12.4. The van der Waals surface area contributed by atoms with Crippen LogP contribution < -0.4 is 5.32 Å². The molecular formula is C15H13Br2Cl2N. The third kappa shape index (κ3) is 3.77. The zero-order chi connectivity index (χ0) is 14.7. The smallest absolute Gasteiger partial charge is 0.0602 e. The Hall–Kier alpha value is -0.0600. The molecule has 0 heterocycles. The Bertz CT molecular complexity index is 617. The van der Waals surface area contributed by atoms with Crippen molar-refractivity contribution in [3.63, 3.8) is 0 Å². The van der Waals surface area contributed by atoms with Gasteiger partial charge in [-0.05, 0) is 48.0 Å². The molecule has 2 aromatic carbocycles. The summed E-state index contributed by atoms with van der Waals surface area (Å²) in [5.41, 5.74) is 2.14. The zero-order valence-corrected chi connectivity index (χ0v) is 15.4. The average Bonchev–Trinajstić information content (AvgIpc) is 2.40. The van der Waals surface area contributed by atoms with Gasteiger partial charge in [-0.3, -0.25) is 0 Å². The summed E-state index contributed by atoms with van der Waals surface area (Å²) in [4.78, 5) is 0. The van der Waals surface area contributed by atoms with Gasteiger partial charge in [-0.1, -0.05) is 68.1 Å². The van der Waals surface area contributed by atoms with Crippen molar-refractivity contribution in [1.29, 1.82) is 0 Å². The van der Waals surface area contributed by atoms with Gasteiger partial charge in [0.15, 0.2) is 0 Å². The van der Waals surface area contributed by atoms with Crippen molar-refractivity contribution >= 4 is 55.1 Å². The van der Waals surface area contributed by atoms with Gasteiger partial charge in [0, 0.05) is 19.0 Å². The topological polar surface area (TPSA) is 12.0 Å². The monoisotopic (exact) mass is 435 g/mol. The highest BCUT2D eigenvalue weighted by molar-refractivity contribution is 9.11. The van der Waals surface area contributed by atoms with E-state index in [1.165, 1.54) is 0 Å². The maximum atomic E-state index is 6.35. The highest BCUT2D eigenvalue weighted by Gasteiger charge is 2.19. The molecule has 106 valence electrons. The number of hydrogen-bond acceptors (Lipinski definition) is 1. The fraction of sp³-hybridized carbons (Fsp3) is 0.200. The Morgan fingerprint density at radius 1 is 1.05 bits per heavy atom. The number of nitrogens with one attached hydrogen (secondary N) is 1. The van der Waals surface area contributed by atoms with Crippen molar-refractivity contribution in [3.05, 3.63) is 66.5 Å². The van der Waals surface area contributed by atoms with Gasteiger partial charge in [-0.15, -0.1) is 0 Å². The molecule has 1 atom stereocenters. The van der Waals surface area contributed by atoms with Gasteiger partial charge in [-0.25, -0.2) is 0 Å². The van der Waals surface area contributed by atoms with E-state index >= 15 is 0 Å². The highest BCUT2D eigenvalue weighted by atomic mass is 79.9. The molecule has 0 aliphatic carbocycles. The van der Waals surface area contributed by atoms with Crippen molar-refractivity contribution in [3.8, 4) is 0 Å². The Kier molecular flexibility index (Phi) is 5.94. The largest absolute Gasteiger partial charge is 0.306 e. The first-order valence-corrected chi connectivity index (χ1v) is 8.50. The maximum absolute atomic E-state index is 6.35. The van der Waals surface area contributed by atoms with Crippen LogP contribution in [0.25, 0.3) is 0 Å². The molecule has 20 heavy (non-hydrogen) atoms. The van der Waals surface area contributed by atoms with E-state index in [0.717, 1.165) is 26.6 Å². The van der Waals surface area contributed by atoms with Crippen LogP contribution in [0.2, 0.25) is 10.0 Å². The van der Waals surface area contributed by atoms with Gasteiger partial charge < -0.3 is 5.32 Å². The highest BCUT2D eigenvalue weighted by Crippen LogP contribution is 2.35. The molecule has 0 saturated carbocycles. The third-order valence-electron chi connectivity index (χ3n) is 2.95. The second-order valence-corrected chi connectivity index (χ2v) is 6.94. The van der Waals surface area contributed by atoms with Crippen LogP contribution in [0, 0.1) is 0 Å². The molecule has 0 aliphatic rings. The average molecular weight is 438 g/mol. The van der Waals surface area contributed by atoms with Gasteiger partial charge in [0.1, 0.15) is 0 Å². The van der Waals surface area contributed by atoms with E-state index in [2.05, 4.69) is 50.2 Å². The van der Waals surface area contributed by atoms with Gasteiger partial charge >= 0.3 is 0 Å². The van der Waals surface area contributed by atoms with Crippen molar-refractivity contribution in [1.82, 2.24) is 5.32 Å². The molecule has 1 unspecified atom stereocenters. The molecule has 0 radical (unpaired) electrons. The molecule has 5 heteroatoms. The molecular weight excluding hydrogens is 425 g/mol. The lowest BCUT2D eigenvalue weighted by molar-refractivity contribution is 0.628. The summed E-state index contributed by atoms with van der Waals surface area (Å²) in [6.07, 6.45) is 0. The summed E-state index contributed by atoms with van der Waals surface area (Å²) < 4.78 is 2.07. The molecule has 0 aliphatic heterocycles. The maximum Gasteiger partial charge on any atom is 0.0602 e. The molecule has 1 N–H and O–H groups in total. The molecule has 0 fully saturated rings. The first kappa shape index (κ1) is 16.3. The summed E-state index contributed by atoms with van der Waals surface area (Å²) in [7, 11) is 0. The molecule has 1 nitrogen and oxygen atoms in total. The minimum atomic E-state index is 0.0108. The Morgan fingerprint density at radius 3 is 2.45 bits per heavy atom. The molecule has 0 amide bonds. The molecule has 2 aromatic rings. The first-order valence-electron chi connectivity index (χ1n) is 6.16. The van der Waals surface area contributed by atoms with E-state index in [9.17, 15) is 0 Å². The summed E-state index contributed by atoms with van der Waals surface area (Å²) in [5.74, 6) is 0. The van der Waals surface area contributed by atoms with E-state index < -0.39 is 0 Å².